The Morgan fingerprint density at radius 3 is 2.56 bits per heavy atom. The number of nitrogens with one attached hydrogen (secondary N) is 1. The van der Waals surface area contributed by atoms with Crippen LogP contribution in [0.2, 0.25) is 0 Å². The maximum absolute atomic E-state index is 12.5. The van der Waals surface area contributed by atoms with E-state index in [0.29, 0.717) is 17.7 Å². The van der Waals surface area contributed by atoms with Gasteiger partial charge in [0, 0.05) is 17.5 Å². The quantitative estimate of drug-likeness (QED) is 0.772. The van der Waals surface area contributed by atoms with Crippen LogP contribution in [-0.4, -0.2) is 34.8 Å². The average molecular weight is 341 g/mol. The molecule has 0 bridgehead atoms. The highest BCUT2D eigenvalue weighted by atomic mass is 16.5. The topological polar surface area (TPSA) is 95.9 Å². The minimum atomic E-state index is -0.853. The second-order valence-electron chi connectivity index (χ2n) is 5.96. The van der Waals surface area contributed by atoms with Crippen LogP contribution in [0.1, 0.15) is 33.9 Å². The number of aryl methyl sites for hydroxylation is 1. The molecule has 0 saturated carbocycles. The third-order valence-corrected chi connectivity index (χ3v) is 4.18. The largest absolute Gasteiger partial charge is 0.490 e. The number of carboxylic acid groups (broad SMARTS) is 1. The zero-order valence-corrected chi connectivity index (χ0v) is 13.5. The number of benzene rings is 2. The van der Waals surface area contributed by atoms with Crippen LogP contribution in [-0.2, 0) is 11.2 Å². The van der Waals surface area contributed by atoms with Crippen LogP contribution >= 0.6 is 0 Å². The van der Waals surface area contributed by atoms with Crippen LogP contribution < -0.4 is 10.1 Å². The lowest BCUT2D eigenvalue weighted by Gasteiger charge is -2.31. The van der Waals surface area contributed by atoms with E-state index < -0.39 is 18.1 Å². The molecule has 0 saturated heterocycles. The summed E-state index contributed by atoms with van der Waals surface area (Å²) in [6.07, 6.45) is -0.353. The van der Waals surface area contributed by atoms with Crippen molar-refractivity contribution in [3.05, 3.63) is 65.2 Å². The monoisotopic (exact) mass is 341 g/mol. The standard InChI is InChI=1S/C19H19NO5/c21-15-11-25-16-4-2-1-3-14(16)18(15)20-19(24)13-8-5-12(6-9-13)7-10-17(22)23/h1-6,8-9,15,18,21H,7,10-11H2,(H,20,24)(H,22,23)/t15-,18+/m1/s1. The van der Waals surface area contributed by atoms with E-state index in [4.69, 9.17) is 9.84 Å². The number of hydrogen-bond donors (Lipinski definition) is 3. The summed E-state index contributed by atoms with van der Waals surface area (Å²) in [4.78, 5) is 23.1. The summed E-state index contributed by atoms with van der Waals surface area (Å²) < 4.78 is 5.47. The summed E-state index contributed by atoms with van der Waals surface area (Å²) in [5, 5.41) is 21.7. The number of ether oxygens (including phenoxy) is 1. The number of carbonyl (C=O) groups is 2. The van der Waals surface area contributed by atoms with E-state index in [1.165, 1.54) is 0 Å². The maximum atomic E-state index is 12.5. The van der Waals surface area contributed by atoms with Crippen molar-refractivity contribution in [2.45, 2.75) is 25.0 Å². The van der Waals surface area contributed by atoms with E-state index in [0.717, 1.165) is 11.1 Å². The van der Waals surface area contributed by atoms with Gasteiger partial charge in [-0.25, -0.2) is 0 Å². The number of rotatable bonds is 5. The minimum absolute atomic E-state index is 0.0522. The molecule has 1 amide bonds. The van der Waals surface area contributed by atoms with Crippen LogP contribution in [0.15, 0.2) is 48.5 Å². The average Bonchev–Trinajstić information content (AvgIpc) is 2.62. The second-order valence-corrected chi connectivity index (χ2v) is 5.96. The van der Waals surface area contributed by atoms with Crippen molar-refractivity contribution < 1.29 is 24.5 Å². The van der Waals surface area contributed by atoms with Crippen molar-refractivity contribution in [2.24, 2.45) is 0 Å². The number of aliphatic hydroxyl groups is 1. The molecule has 0 spiro atoms. The summed E-state index contributed by atoms with van der Waals surface area (Å²) in [5.41, 5.74) is 2.05. The molecule has 6 nitrogen and oxygen atoms in total. The Hall–Kier alpha value is -2.86. The zero-order valence-electron chi connectivity index (χ0n) is 13.5. The lowest BCUT2D eigenvalue weighted by atomic mass is 9.97. The van der Waals surface area contributed by atoms with E-state index in [1.807, 2.05) is 18.2 Å². The highest BCUT2D eigenvalue weighted by Crippen LogP contribution is 2.32. The smallest absolute Gasteiger partial charge is 0.303 e. The van der Waals surface area contributed by atoms with Crippen molar-refractivity contribution in [2.75, 3.05) is 6.61 Å². The maximum Gasteiger partial charge on any atom is 0.303 e. The van der Waals surface area contributed by atoms with Gasteiger partial charge in [0.25, 0.3) is 5.91 Å². The lowest BCUT2D eigenvalue weighted by molar-refractivity contribution is -0.136. The first-order valence-electron chi connectivity index (χ1n) is 8.06. The van der Waals surface area contributed by atoms with Crippen LogP contribution in [0, 0.1) is 0 Å². The van der Waals surface area contributed by atoms with Gasteiger partial charge < -0.3 is 20.3 Å². The van der Waals surface area contributed by atoms with Gasteiger partial charge in [0.2, 0.25) is 0 Å². The van der Waals surface area contributed by atoms with Crippen molar-refractivity contribution >= 4 is 11.9 Å². The molecule has 130 valence electrons. The number of aliphatic hydroxyl groups excluding tert-OH is 1. The Kier molecular flexibility index (Phi) is 5.00. The Morgan fingerprint density at radius 1 is 1.12 bits per heavy atom. The lowest BCUT2D eigenvalue weighted by Crippen LogP contribution is -2.41. The van der Waals surface area contributed by atoms with E-state index in [2.05, 4.69) is 5.32 Å². The van der Waals surface area contributed by atoms with E-state index >= 15 is 0 Å². The molecule has 2 aromatic carbocycles. The van der Waals surface area contributed by atoms with Gasteiger partial charge in [-0.3, -0.25) is 9.59 Å². The van der Waals surface area contributed by atoms with Crippen molar-refractivity contribution in [1.82, 2.24) is 5.32 Å². The molecule has 2 atom stereocenters. The molecular formula is C19H19NO5. The Labute approximate surface area is 145 Å². The van der Waals surface area contributed by atoms with E-state index in [-0.39, 0.29) is 18.9 Å². The van der Waals surface area contributed by atoms with Gasteiger partial charge in [-0.2, -0.15) is 0 Å². The predicted molar refractivity (Wildman–Crippen MR) is 90.5 cm³/mol. The summed E-state index contributed by atoms with van der Waals surface area (Å²) >= 11 is 0. The van der Waals surface area contributed by atoms with Gasteiger partial charge >= 0.3 is 5.97 Å². The minimum Gasteiger partial charge on any atom is -0.490 e. The molecular weight excluding hydrogens is 322 g/mol. The van der Waals surface area contributed by atoms with Gasteiger partial charge in [-0.05, 0) is 30.2 Å². The summed E-state index contributed by atoms with van der Waals surface area (Å²) in [6, 6.07) is 13.5. The van der Waals surface area contributed by atoms with Gasteiger partial charge in [-0.1, -0.05) is 30.3 Å². The van der Waals surface area contributed by atoms with Gasteiger partial charge in [0.05, 0.1) is 6.04 Å². The Bertz CT molecular complexity index is 772. The molecule has 25 heavy (non-hydrogen) atoms. The van der Waals surface area contributed by atoms with E-state index in [9.17, 15) is 14.7 Å². The molecule has 0 radical (unpaired) electrons. The molecule has 1 aliphatic rings. The van der Waals surface area contributed by atoms with Crippen LogP contribution in [0.3, 0.4) is 0 Å². The van der Waals surface area contributed by atoms with E-state index in [1.54, 1.807) is 30.3 Å². The number of carbonyl (C=O) groups excluding carboxylic acids is 1. The first kappa shape index (κ1) is 17.0. The first-order chi connectivity index (χ1) is 12.0. The van der Waals surface area contributed by atoms with Crippen LogP contribution in [0.25, 0.3) is 0 Å². The van der Waals surface area contributed by atoms with Gasteiger partial charge in [-0.15, -0.1) is 0 Å². The van der Waals surface area contributed by atoms with Crippen LogP contribution in [0.5, 0.6) is 5.75 Å². The third kappa shape index (κ3) is 3.97. The third-order valence-electron chi connectivity index (χ3n) is 4.18. The number of hydrogen-bond acceptors (Lipinski definition) is 4. The van der Waals surface area contributed by atoms with Crippen molar-refractivity contribution in [3.8, 4) is 5.75 Å². The number of aliphatic carboxylic acids is 1. The summed E-state index contributed by atoms with van der Waals surface area (Å²) in [5.74, 6) is -0.498. The molecule has 3 rings (SSSR count). The number of para-hydroxylation sites is 1. The zero-order chi connectivity index (χ0) is 17.8. The fraction of sp³-hybridized carbons (Fsp3) is 0.263. The molecule has 0 fully saturated rings. The first-order valence-corrected chi connectivity index (χ1v) is 8.06. The summed E-state index contributed by atoms with van der Waals surface area (Å²) in [7, 11) is 0. The van der Waals surface area contributed by atoms with Gasteiger partial charge in [0.1, 0.15) is 18.5 Å². The predicted octanol–water partition coefficient (Wildman–Crippen LogP) is 1.93. The number of fused-ring (bicyclic) bond motifs is 1. The van der Waals surface area contributed by atoms with Gasteiger partial charge in [0.15, 0.2) is 0 Å². The normalized spacial score (nSPS) is 18.8. The van der Waals surface area contributed by atoms with Crippen LogP contribution in [0.4, 0.5) is 0 Å². The molecule has 1 heterocycles. The number of amides is 1. The highest BCUT2D eigenvalue weighted by Gasteiger charge is 2.30. The molecule has 6 heteroatoms. The SMILES string of the molecule is O=C(O)CCc1ccc(C(=O)N[C@H]2c3ccccc3OC[C@H]2O)cc1. The Morgan fingerprint density at radius 2 is 1.84 bits per heavy atom. The highest BCUT2D eigenvalue weighted by molar-refractivity contribution is 5.94. The van der Waals surface area contributed by atoms with Crippen molar-refractivity contribution in [1.29, 1.82) is 0 Å². The fourth-order valence-corrected chi connectivity index (χ4v) is 2.82. The molecule has 1 aliphatic heterocycles. The fourth-order valence-electron chi connectivity index (χ4n) is 2.82. The molecule has 0 unspecified atom stereocenters. The molecule has 2 aromatic rings. The van der Waals surface area contributed by atoms with Crippen molar-refractivity contribution in [3.63, 3.8) is 0 Å². The summed E-state index contributed by atoms with van der Waals surface area (Å²) in [6.45, 7) is 0.121. The molecule has 0 aliphatic carbocycles. The molecule has 0 aromatic heterocycles. The Balaban J connectivity index is 1.71. The number of carboxylic acids is 1. The second kappa shape index (κ2) is 7.36. The molecule has 3 N–H and O–H groups in total.